The van der Waals surface area contributed by atoms with Crippen LogP contribution < -0.4 is 10.6 Å². The Bertz CT molecular complexity index is 869. The number of rotatable bonds is 4. The molecule has 3 rings (SSSR count). The zero-order valence-corrected chi connectivity index (χ0v) is 14.1. The molecule has 0 fully saturated rings. The lowest BCUT2D eigenvalue weighted by Crippen LogP contribution is -2.36. The van der Waals surface area contributed by atoms with Crippen molar-refractivity contribution in [2.24, 2.45) is 4.99 Å². The lowest BCUT2D eigenvalue weighted by atomic mass is 10.1. The fraction of sp³-hybridized carbons (Fsp3) is 0.278. The number of hydrogen-bond acceptors (Lipinski definition) is 4. The highest BCUT2D eigenvalue weighted by atomic mass is 16.3. The summed E-state index contributed by atoms with van der Waals surface area (Å²) < 4.78 is 5.91. The number of hydrogen-bond donors (Lipinski definition) is 2. The average molecular weight is 323 g/mol. The van der Waals surface area contributed by atoms with Crippen molar-refractivity contribution in [1.82, 2.24) is 20.6 Å². The summed E-state index contributed by atoms with van der Waals surface area (Å²) in [6.45, 7) is 5.11. The van der Waals surface area contributed by atoms with Crippen molar-refractivity contribution >= 4 is 16.9 Å². The van der Waals surface area contributed by atoms with E-state index in [0.29, 0.717) is 19.0 Å². The molecule has 0 atom stereocenters. The van der Waals surface area contributed by atoms with Crippen LogP contribution in [0.15, 0.2) is 45.9 Å². The van der Waals surface area contributed by atoms with Gasteiger partial charge in [-0.2, -0.15) is 0 Å². The third-order valence-corrected chi connectivity index (χ3v) is 3.85. The van der Waals surface area contributed by atoms with Gasteiger partial charge in [-0.15, -0.1) is 0 Å². The van der Waals surface area contributed by atoms with Gasteiger partial charge in [-0.25, -0.2) is 9.97 Å². The van der Waals surface area contributed by atoms with Crippen molar-refractivity contribution in [2.75, 3.05) is 7.05 Å². The molecule has 6 heteroatoms. The minimum atomic E-state index is 0.572. The summed E-state index contributed by atoms with van der Waals surface area (Å²) >= 11 is 0. The predicted molar refractivity (Wildman–Crippen MR) is 94.8 cm³/mol. The van der Waals surface area contributed by atoms with Gasteiger partial charge in [0.1, 0.15) is 17.2 Å². The number of nitrogens with one attached hydrogen (secondary N) is 2. The van der Waals surface area contributed by atoms with Crippen LogP contribution in [0.1, 0.15) is 22.8 Å². The SMILES string of the molecule is CN=C(NCc1ccnc(C)n1)NCc1oc2ccccc2c1C. The van der Waals surface area contributed by atoms with E-state index >= 15 is 0 Å². The Balaban J connectivity index is 1.62. The molecule has 3 aromatic rings. The van der Waals surface area contributed by atoms with Gasteiger partial charge in [-0.3, -0.25) is 4.99 Å². The molecular formula is C18H21N5O. The third-order valence-electron chi connectivity index (χ3n) is 3.85. The molecule has 0 aliphatic heterocycles. The maximum atomic E-state index is 5.91. The van der Waals surface area contributed by atoms with Crippen LogP contribution in [0.3, 0.4) is 0 Å². The van der Waals surface area contributed by atoms with Crippen LogP contribution in [0.2, 0.25) is 0 Å². The molecule has 2 N–H and O–H groups in total. The highest BCUT2D eigenvalue weighted by molar-refractivity contribution is 5.82. The molecule has 24 heavy (non-hydrogen) atoms. The number of para-hydroxylation sites is 1. The molecule has 1 aromatic carbocycles. The summed E-state index contributed by atoms with van der Waals surface area (Å²) in [6, 6.07) is 9.94. The summed E-state index contributed by atoms with van der Waals surface area (Å²) in [7, 11) is 1.74. The molecule has 0 amide bonds. The van der Waals surface area contributed by atoms with E-state index in [9.17, 15) is 0 Å². The molecular weight excluding hydrogens is 302 g/mol. The smallest absolute Gasteiger partial charge is 0.191 e. The third kappa shape index (κ3) is 3.53. The van der Waals surface area contributed by atoms with Crippen LogP contribution in [0.5, 0.6) is 0 Å². The molecule has 2 aromatic heterocycles. The van der Waals surface area contributed by atoms with E-state index in [1.807, 2.05) is 31.2 Å². The summed E-state index contributed by atoms with van der Waals surface area (Å²) in [5, 5.41) is 7.66. The molecule has 0 aliphatic rings. The number of furan rings is 1. The van der Waals surface area contributed by atoms with E-state index in [-0.39, 0.29) is 0 Å². The van der Waals surface area contributed by atoms with Gasteiger partial charge in [0.25, 0.3) is 0 Å². The fourth-order valence-corrected chi connectivity index (χ4v) is 2.56. The van der Waals surface area contributed by atoms with Gasteiger partial charge in [-0.05, 0) is 26.0 Å². The summed E-state index contributed by atoms with van der Waals surface area (Å²) in [4.78, 5) is 12.7. The molecule has 0 aliphatic carbocycles. The maximum Gasteiger partial charge on any atom is 0.191 e. The first-order valence-corrected chi connectivity index (χ1v) is 7.87. The van der Waals surface area contributed by atoms with Crippen LogP contribution in [0.25, 0.3) is 11.0 Å². The second-order valence-electron chi connectivity index (χ2n) is 5.52. The van der Waals surface area contributed by atoms with Crippen molar-refractivity contribution in [1.29, 1.82) is 0 Å². The zero-order valence-electron chi connectivity index (χ0n) is 14.1. The Kier molecular flexibility index (Phi) is 4.74. The highest BCUT2D eigenvalue weighted by Crippen LogP contribution is 2.24. The van der Waals surface area contributed by atoms with Crippen LogP contribution in [-0.2, 0) is 13.1 Å². The molecule has 0 spiro atoms. The number of benzene rings is 1. The maximum absolute atomic E-state index is 5.91. The standard InChI is InChI=1S/C18H21N5O/c1-12-15-6-4-5-7-16(15)24-17(12)11-22-18(19-3)21-10-14-8-9-20-13(2)23-14/h4-9H,10-11H2,1-3H3,(H2,19,21,22). The Labute approximate surface area is 141 Å². The van der Waals surface area contributed by atoms with E-state index in [1.54, 1.807) is 13.2 Å². The molecule has 0 unspecified atom stereocenters. The average Bonchev–Trinajstić information content (AvgIpc) is 2.92. The first kappa shape index (κ1) is 16.0. The Morgan fingerprint density at radius 1 is 1.12 bits per heavy atom. The van der Waals surface area contributed by atoms with E-state index in [1.165, 1.54) is 0 Å². The predicted octanol–water partition coefficient (Wildman–Crippen LogP) is 2.70. The van der Waals surface area contributed by atoms with Crippen LogP contribution in [0, 0.1) is 13.8 Å². The largest absolute Gasteiger partial charge is 0.459 e. The number of fused-ring (bicyclic) bond motifs is 1. The molecule has 6 nitrogen and oxygen atoms in total. The molecule has 0 radical (unpaired) electrons. The topological polar surface area (TPSA) is 75.3 Å². The van der Waals surface area contributed by atoms with E-state index in [2.05, 4.69) is 38.6 Å². The van der Waals surface area contributed by atoms with Crippen molar-refractivity contribution in [3.8, 4) is 0 Å². The Morgan fingerprint density at radius 3 is 2.67 bits per heavy atom. The lowest BCUT2D eigenvalue weighted by molar-refractivity contribution is 0.534. The molecule has 124 valence electrons. The second kappa shape index (κ2) is 7.12. The van der Waals surface area contributed by atoms with Gasteiger partial charge in [0, 0.05) is 24.2 Å². The van der Waals surface area contributed by atoms with Gasteiger partial charge >= 0.3 is 0 Å². The van der Waals surface area contributed by atoms with Crippen molar-refractivity contribution in [3.63, 3.8) is 0 Å². The number of nitrogens with zero attached hydrogens (tertiary/aromatic N) is 3. The van der Waals surface area contributed by atoms with Gasteiger partial charge in [0.15, 0.2) is 5.96 Å². The minimum absolute atomic E-state index is 0.572. The fourth-order valence-electron chi connectivity index (χ4n) is 2.56. The first-order valence-electron chi connectivity index (χ1n) is 7.87. The second-order valence-corrected chi connectivity index (χ2v) is 5.52. The number of aliphatic imine (C=N–C) groups is 1. The van der Waals surface area contributed by atoms with Gasteiger partial charge < -0.3 is 15.1 Å². The van der Waals surface area contributed by atoms with Crippen LogP contribution in [-0.4, -0.2) is 23.0 Å². The van der Waals surface area contributed by atoms with Gasteiger partial charge in [0.05, 0.1) is 18.8 Å². The molecule has 2 heterocycles. The van der Waals surface area contributed by atoms with E-state index in [0.717, 1.165) is 33.8 Å². The van der Waals surface area contributed by atoms with Crippen molar-refractivity contribution in [2.45, 2.75) is 26.9 Å². The minimum Gasteiger partial charge on any atom is -0.459 e. The van der Waals surface area contributed by atoms with Crippen molar-refractivity contribution in [3.05, 3.63) is 59.4 Å². The van der Waals surface area contributed by atoms with Gasteiger partial charge in [-0.1, -0.05) is 18.2 Å². The van der Waals surface area contributed by atoms with E-state index < -0.39 is 0 Å². The van der Waals surface area contributed by atoms with Crippen molar-refractivity contribution < 1.29 is 4.42 Å². The lowest BCUT2D eigenvalue weighted by Gasteiger charge is -2.11. The van der Waals surface area contributed by atoms with Gasteiger partial charge in [0.2, 0.25) is 0 Å². The molecule has 0 bridgehead atoms. The summed E-state index contributed by atoms with van der Waals surface area (Å²) in [6.07, 6.45) is 1.76. The normalized spacial score (nSPS) is 11.7. The Hall–Kier alpha value is -2.89. The first-order chi connectivity index (χ1) is 11.7. The summed E-state index contributed by atoms with van der Waals surface area (Å²) in [5.74, 6) is 2.37. The quantitative estimate of drug-likeness (QED) is 0.570. The van der Waals surface area contributed by atoms with E-state index in [4.69, 9.17) is 4.42 Å². The number of guanidine groups is 1. The zero-order chi connectivity index (χ0) is 16.9. The summed E-state index contributed by atoms with van der Waals surface area (Å²) in [5.41, 5.74) is 2.98. The molecule has 0 saturated carbocycles. The highest BCUT2D eigenvalue weighted by Gasteiger charge is 2.10. The monoisotopic (exact) mass is 323 g/mol. The van der Waals surface area contributed by atoms with Crippen LogP contribution >= 0.6 is 0 Å². The Morgan fingerprint density at radius 2 is 1.92 bits per heavy atom. The van der Waals surface area contributed by atoms with Crippen LogP contribution in [0.4, 0.5) is 0 Å². The molecule has 0 saturated heterocycles. The number of aryl methyl sites for hydroxylation is 2. The number of aromatic nitrogens is 2.